The van der Waals surface area contributed by atoms with Gasteiger partial charge in [-0.25, -0.2) is 9.97 Å². The minimum absolute atomic E-state index is 0.0648. The lowest BCUT2D eigenvalue weighted by molar-refractivity contribution is 1.05. The molecule has 7 heteroatoms. The van der Waals surface area contributed by atoms with Crippen molar-refractivity contribution < 1.29 is 0 Å². The molecular weight excluding hydrogens is 180 g/mol. The number of nitrogen functional groups attached to an aromatic ring is 1. The Morgan fingerprint density at radius 2 is 2.25 bits per heavy atom. The summed E-state index contributed by atoms with van der Waals surface area (Å²) >= 11 is 5.60. The standard InChI is InChI=1S/C5H5ClN6/c1-2-9-4(6)3(7)5(10-2)11-12-8/h7H2,1H3. The monoisotopic (exact) mass is 184 g/mol. The SMILES string of the molecule is Cc1nc(Cl)c(N)c(N=[N+]=[N-])n1. The fourth-order valence-electron chi connectivity index (χ4n) is 0.652. The Morgan fingerprint density at radius 1 is 1.58 bits per heavy atom. The van der Waals surface area contributed by atoms with Crippen molar-refractivity contribution in [1.29, 1.82) is 0 Å². The Labute approximate surface area is 73.0 Å². The van der Waals surface area contributed by atoms with Crippen molar-refractivity contribution in [2.24, 2.45) is 5.11 Å². The van der Waals surface area contributed by atoms with Crippen LogP contribution in [0.25, 0.3) is 10.4 Å². The summed E-state index contributed by atoms with van der Waals surface area (Å²) in [6, 6.07) is 0. The first-order valence-electron chi connectivity index (χ1n) is 3.00. The molecule has 12 heavy (non-hydrogen) atoms. The lowest BCUT2D eigenvalue weighted by Crippen LogP contribution is -1.95. The van der Waals surface area contributed by atoms with E-state index in [0.29, 0.717) is 5.82 Å². The molecule has 0 aromatic carbocycles. The van der Waals surface area contributed by atoms with E-state index in [4.69, 9.17) is 22.9 Å². The molecule has 1 rings (SSSR count). The molecule has 0 aliphatic heterocycles. The number of nitrogens with zero attached hydrogens (tertiary/aromatic N) is 5. The van der Waals surface area contributed by atoms with Crippen LogP contribution in [0.2, 0.25) is 5.15 Å². The van der Waals surface area contributed by atoms with Gasteiger partial charge in [0.15, 0.2) is 11.0 Å². The third-order valence-corrected chi connectivity index (χ3v) is 1.42. The van der Waals surface area contributed by atoms with Gasteiger partial charge in [-0.3, -0.25) is 0 Å². The van der Waals surface area contributed by atoms with Crippen LogP contribution in [-0.2, 0) is 0 Å². The lowest BCUT2D eigenvalue weighted by atomic mass is 10.5. The summed E-state index contributed by atoms with van der Waals surface area (Å²) in [4.78, 5) is 10.1. The van der Waals surface area contributed by atoms with E-state index >= 15 is 0 Å². The first-order valence-corrected chi connectivity index (χ1v) is 3.37. The summed E-state index contributed by atoms with van der Waals surface area (Å²) in [7, 11) is 0. The van der Waals surface area contributed by atoms with Gasteiger partial charge in [0.05, 0.1) is 5.69 Å². The number of halogens is 1. The van der Waals surface area contributed by atoms with Crippen LogP contribution in [0.15, 0.2) is 5.11 Å². The zero-order valence-corrected chi connectivity index (χ0v) is 6.95. The van der Waals surface area contributed by atoms with E-state index in [1.807, 2.05) is 0 Å². The number of hydrogen-bond donors (Lipinski definition) is 1. The van der Waals surface area contributed by atoms with Gasteiger partial charge in [-0.15, -0.1) is 0 Å². The molecule has 0 spiro atoms. The van der Waals surface area contributed by atoms with Crippen molar-refractivity contribution in [3.63, 3.8) is 0 Å². The van der Waals surface area contributed by atoms with Crippen LogP contribution in [-0.4, -0.2) is 9.97 Å². The molecule has 0 unspecified atom stereocenters. The van der Waals surface area contributed by atoms with Crippen LogP contribution < -0.4 is 5.73 Å². The van der Waals surface area contributed by atoms with Crippen LogP contribution in [0.5, 0.6) is 0 Å². The van der Waals surface area contributed by atoms with E-state index in [1.165, 1.54) is 0 Å². The number of aryl methyl sites for hydroxylation is 1. The van der Waals surface area contributed by atoms with Gasteiger partial charge < -0.3 is 5.73 Å². The molecule has 0 radical (unpaired) electrons. The minimum Gasteiger partial charge on any atom is -0.395 e. The summed E-state index contributed by atoms with van der Waals surface area (Å²) in [5, 5.41) is 3.35. The van der Waals surface area contributed by atoms with Crippen LogP contribution >= 0.6 is 11.6 Å². The maximum Gasteiger partial charge on any atom is 0.156 e. The molecule has 0 saturated heterocycles. The zero-order chi connectivity index (χ0) is 9.14. The molecule has 6 nitrogen and oxygen atoms in total. The number of azide groups is 1. The molecule has 2 N–H and O–H groups in total. The van der Waals surface area contributed by atoms with E-state index in [2.05, 4.69) is 20.0 Å². The highest BCUT2D eigenvalue weighted by atomic mass is 35.5. The van der Waals surface area contributed by atoms with Crippen molar-refractivity contribution in [3.05, 3.63) is 21.4 Å². The maximum absolute atomic E-state index is 8.13. The predicted octanol–water partition coefficient (Wildman–Crippen LogP) is 1.96. The number of aromatic nitrogens is 2. The second-order valence-corrected chi connectivity index (χ2v) is 2.35. The highest BCUT2D eigenvalue weighted by Crippen LogP contribution is 2.25. The fraction of sp³-hybridized carbons (Fsp3) is 0.200. The number of rotatable bonds is 1. The molecule has 0 fully saturated rings. The molecule has 0 aliphatic rings. The van der Waals surface area contributed by atoms with Gasteiger partial charge in [0.25, 0.3) is 0 Å². The topological polar surface area (TPSA) is 101 Å². The van der Waals surface area contributed by atoms with Crippen LogP contribution in [0.1, 0.15) is 5.82 Å². The van der Waals surface area contributed by atoms with E-state index in [1.54, 1.807) is 6.92 Å². The maximum atomic E-state index is 8.13. The van der Waals surface area contributed by atoms with Gasteiger partial charge in [-0.1, -0.05) is 11.6 Å². The highest BCUT2D eigenvalue weighted by molar-refractivity contribution is 6.32. The van der Waals surface area contributed by atoms with Crippen molar-refractivity contribution in [2.45, 2.75) is 6.92 Å². The van der Waals surface area contributed by atoms with Crippen molar-refractivity contribution in [2.75, 3.05) is 5.73 Å². The second-order valence-electron chi connectivity index (χ2n) is 1.99. The summed E-state index contributed by atoms with van der Waals surface area (Å²) in [5.74, 6) is 0.478. The molecule has 1 aromatic rings. The van der Waals surface area contributed by atoms with Gasteiger partial charge in [0.1, 0.15) is 5.82 Å². The Balaban J connectivity index is 3.36. The summed E-state index contributed by atoms with van der Waals surface area (Å²) in [5.41, 5.74) is 13.6. The first kappa shape index (κ1) is 8.58. The molecule has 0 saturated carbocycles. The van der Waals surface area contributed by atoms with Crippen LogP contribution in [0.4, 0.5) is 11.5 Å². The number of nitrogens with two attached hydrogens (primary N) is 1. The minimum atomic E-state index is 0.0648. The second kappa shape index (κ2) is 3.25. The third kappa shape index (κ3) is 1.55. The van der Waals surface area contributed by atoms with Gasteiger partial charge in [0, 0.05) is 4.91 Å². The molecule has 0 amide bonds. The molecular formula is C5H5ClN6. The molecule has 1 aromatic heterocycles. The smallest absolute Gasteiger partial charge is 0.156 e. The fourth-order valence-corrected chi connectivity index (χ4v) is 0.858. The van der Waals surface area contributed by atoms with Gasteiger partial charge in [-0.2, -0.15) is 0 Å². The number of anilines is 1. The Bertz CT molecular complexity index is 355. The number of hydrogen-bond acceptors (Lipinski definition) is 4. The molecule has 0 aliphatic carbocycles. The summed E-state index contributed by atoms with van der Waals surface area (Å²) in [6.07, 6.45) is 0. The van der Waals surface area contributed by atoms with E-state index in [-0.39, 0.29) is 16.7 Å². The van der Waals surface area contributed by atoms with Gasteiger partial charge in [-0.05, 0) is 17.6 Å². The summed E-state index contributed by atoms with van der Waals surface area (Å²) in [6.45, 7) is 1.63. The highest BCUT2D eigenvalue weighted by Gasteiger charge is 2.05. The normalized spacial score (nSPS) is 9.17. The first-order chi connectivity index (χ1) is 5.65. The quantitative estimate of drug-likeness (QED) is 0.312. The van der Waals surface area contributed by atoms with Gasteiger partial charge >= 0.3 is 0 Å². The van der Waals surface area contributed by atoms with Crippen LogP contribution in [0, 0.1) is 6.92 Å². The summed E-state index contributed by atoms with van der Waals surface area (Å²) < 4.78 is 0. The van der Waals surface area contributed by atoms with E-state index in [0.717, 1.165) is 0 Å². The Morgan fingerprint density at radius 3 is 2.83 bits per heavy atom. The Kier molecular flexibility index (Phi) is 2.32. The van der Waals surface area contributed by atoms with Crippen molar-refractivity contribution in [1.82, 2.24) is 9.97 Å². The van der Waals surface area contributed by atoms with Crippen LogP contribution in [0.3, 0.4) is 0 Å². The van der Waals surface area contributed by atoms with E-state index in [9.17, 15) is 0 Å². The third-order valence-electron chi connectivity index (χ3n) is 1.13. The zero-order valence-electron chi connectivity index (χ0n) is 6.19. The molecule has 62 valence electrons. The molecule has 0 atom stereocenters. The van der Waals surface area contributed by atoms with Crippen molar-refractivity contribution in [3.8, 4) is 0 Å². The van der Waals surface area contributed by atoms with E-state index < -0.39 is 0 Å². The largest absolute Gasteiger partial charge is 0.395 e. The molecule has 0 bridgehead atoms. The Hall–Kier alpha value is -1.52. The van der Waals surface area contributed by atoms with Crippen molar-refractivity contribution >= 4 is 23.1 Å². The average Bonchev–Trinajstić information content (AvgIpc) is 2.00. The molecule has 1 heterocycles. The predicted molar refractivity (Wildman–Crippen MR) is 45.0 cm³/mol. The average molecular weight is 185 g/mol. The van der Waals surface area contributed by atoms with Gasteiger partial charge in [0.2, 0.25) is 0 Å². The lowest BCUT2D eigenvalue weighted by Gasteiger charge is -2.00.